The molecule has 5 nitrogen and oxygen atoms in total. The molecule has 2 unspecified atom stereocenters. The third kappa shape index (κ3) is 3.05. The van der Waals surface area contributed by atoms with Crippen LogP contribution in [0.4, 0.5) is 0 Å². The van der Waals surface area contributed by atoms with Crippen molar-refractivity contribution < 1.29 is 19.0 Å². The van der Waals surface area contributed by atoms with Gasteiger partial charge >= 0.3 is 5.63 Å². The number of methoxy groups -OCH3 is 1. The van der Waals surface area contributed by atoms with Crippen LogP contribution in [0.1, 0.15) is 25.5 Å². The number of benzene rings is 1. The maximum atomic E-state index is 11.5. The van der Waals surface area contributed by atoms with E-state index in [9.17, 15) is 9.90 Å². The van der Waals surface area contributed by atoms with Crippen LogP contribution < -0.4 is 10.4 Å². The minimum atomic E-state index is -1.05. The zero-order valence-electron chi connectivity index (χ0n) is 13.0. The molecule has 0 bridgehead atoms. The summed E-state index contributed by atoms with van der Waals surface area (Å²) in [5, 5.41) is 11.5. The van der Waals surface area contributed by atoms with Crippen LogP contribution >= 0.6 is 0 Å². The Balaban J connectivity index is 2.67. The molecule has 1 heterocycles. The molecule has 0 amide bonds. The van der Waals surface area contributed by atoms with Crippen LogP contribution in [0.25, 0.3) is 11.0 Å². The van der Waals surface area contributed by atoms with Crippen LogP contribution in [0.3, 0.4) is 0 Å². The van der Waals surface area contributed by atoms with Crippen molar-refractivity contribution in [3.05, 3.63) is 52.4 Å². The Bertz CT molecular complexity index is 731. The average molecular weight is 304 g/mol. The zero-order valence-corrected chi connectivity index (χ0v) is 13.0. The second kappa shape index (κ2) is 6.77. The Morgan fingerprint density at radius 2 is 2.05 bits per heavy atom. The molecule has 0 fully saturated rings. The highest BCUT2D eigenvalue weighted by atomic mass is 16.5. The van der Waals surface area contributed by atoms with Crippen LogP contribution in [0.5, 0.6) is 5.75 Å². The van der Waals surface area contributed by atoms with Crippen LogP contribution in [0.15, 0.2) is 45.6 Å². The molecule has 1 aromatic heterocycles. The topological polar surface area (TPSA) is 68.9 Å². The fourth-order valence-corrected chi connectivity index (χ4v) is 2.43. The molecule has 2 aromatic rings. The molecule has 0 spiro atoms. The van der Waals surface area contributed by atoms with Crippen LogP contribution in [-0.2, 0) is 4.74 Å². The molecular weight excluding hydrogens is 284 g/mol. The van der Waals surface area contributed by atoms with E-state index >= 15 is 0 Å². The van der Waals surface area contributed by atoms with Crippen molar-refractivity contribution in [3.63, 3.8) is 0 Å². The van der Waals surface area contributed by atoms with E-state index in [1.54, 1.807) is 25.1 Å². The van der Waals surface area contributed by atoms with Crippen molar-refractivity contribution in [3.8, 4) is 5.75 Å². The third-order valence-corrected chi connectivity index (χ3v) is 3.42. The SMILES string of the molecule is C=C(C)C(OCC)C(O)c1c(OC)ccc2ccc(=O)oc12. The van der Waals surface area contributed by atoms with E-state index in [2.05, 4.69) is 6.58 Å². The lowest BCUT2D eigenvalue weighted by Crippen LogP contribution is -2.24. The maximum absolute atomic E-state index is 11.5. The Kier molecular flexibility index (Phi) is 5.00. The van der Waals surface area contributed by atoms with Crippen molar-refractivity contribution in [1.29, 1.82) is 0 Å². The molecule has 118 valence electrons. The summed E-state index contributed by atoms with van der Waals surface area (Å²) in [6.07, 6.45) is -1.67. The molecule has 2 rings (SSSR count). The molecule has 0 saturated carbocycles. The van der Waals surface area contributed by atoms with Crippen molar-refractivity contribution in [2.24, 2.45) is 0 Å². The van der Waals surface area contributed by atoms with Crippen molar-refractivity contribution in [2.75, 3.05) is 13.7 Å². The van der Waals surface area contributed by atoms with Crippen LogP contribution in [-0.4, -0.2) is 24.9 Å². The van der Waals surface area contributed by atoms with Gasteiger partial charge in [-0.05, 0) is 37.6 Å². The summed E-state index contributed by atoms with van der Waals surface area (Å²) in [7, 11) is 1.49. The zero-order chi connectivity index (χ0) is 16.3. The smallest absolute Gasteiger partial charge is 0.336 e. The minimum Gasteiger partial charge on any atom is -0.496 e. The largest absolute Gasteiger partial charge is 0.496 e. The average Bonchev–Trinajstić information content (AvgIpc) is 2.50. The monoisotopic (exact) mass is 304 g/mol. The summed E-state index contributed by atoms with van der Waals surface area (Å²) in [5.74, 6) is 0.431. The lowest BCUT2D eigenvalue weighted by atomic mass is 9.97. The van der Waals surface area contributed by atoms with Gasteiger partial charge in [0.25, 0.3) is 0 Å². The van der Waals surface area contributed by atoms with Gasteiger partial charge < -0.3 is 19.0 Å². The number of rotatable bonds is 6. The fraction of sp³-hybridized carbons (Fsp3) is 0.353. The highest BCUT2D eigenvalue weighted by molar-refractivity contribution is 5.82. The minimum absolute atomic E-state index is 0.297. The Morgan fingerprint density at radius 3 is 2.64 bits per heavy atom. The van der Waals surface area contributed by atoms with E-state index in [1.807, 2.05) is 6.92 Å². The quantitative estimate of drug-likeness (QED) is 0.656. The first-order chi connectivity index (χ1) is 10.5. The molecule has 0 saturated heterocycles. The first kappa shape index (κ1) is 16.3. The van der Waals surface area contributed by atoms with Crippen LogP contribution in [0, 0.1) is 0 Å². The van der Waals surface area contributed by atoms with Crippen molar-refractivity contribution in [2.45, 2.75) is 26.1 Å². The second-order valence-corrected chi connectivity index (χ2v) is 5.02. The standard InChI is InChI=1S/C17H20O5/c1-5-21-16(10(2)3)15(19)14-12(20-4)8-6-11-7-9-13(18)22-17(11)14/h6-9,15-16,19H,2,5H2,1,3-4H3. The molecule has 22 heavy (non-hydrogen) atoms. The van der Waals surface area contributed by atoms with Crippen molar-refractivity contribution in [1.82, 2.24) is 0 Å². The molecular formula is C17H20O5. The lowest BCUT2D eigenvalue weighted by Gasteiger charge is -2.25. The molecule has 0 aliphatic rings. The fourth-order valence-electron chi connectivity index (χ4n) is 2.43. The molecule has 2 atom stereocenters. The van der Waals surface area contributed by atoms with Gasteiger partial charge in [0.05, 0.1) is 12.7 Å². The Hall–Kier alpha value is -2.11. The number of fused-ring (bicyclic) bond motifs is 1. The van der Waals surface area contributed by atoms with E-state index in [0.29, 0.717) is 34.5 Å². The predicted molar refractivity (Wildman–Crippen MR) is 84.2 cm³/mol. The van der Waals surface area contributed by atoms with E-state index < -0.39 is 17.8 Å². The Labute approximate surface area is 128 Å². The highest BCUT2D eigenvalue weighted by Crippen LogP contribution is 2.36. The van der Waals surface area contributed by atoms with Gasteiger partial charge in [0, 0.05) is 18.1 Å². The van der Waals surface area contributed by atoms with Gasteiger partial charge in [-0.25, -0.2) is 4.79 Å². The third-order valence-electron chi connectivity index (χ3n) is 3.42. The van der Waals surface area contributed by atoms with Gasteiger partial charge in [0.1, 0.15) is 23.5 Å². The summed E-state index contributed by atoms with van der Waals surface area (Å²) in [6, 6.07) is 6.48. The second-order valence-electron chi connectivity index (χ2n) is 5.02. The first-order valence-corrected chi connectivity index (χ1v) is 7.05. The summed E-state index contributed by atoms with van der Waals surface area (Å²) in [6.45, 7) is 7.89. The van der Waals surface area contributed by atoms with E-state index in [4.69, 9.17) is 13.9 Å². The lowest BCUT2D eigenvalue weighted by molar-refractivity contribution is -0.0127. The number of hydrogen-bond donors (Lipinski definition) is 1. The van der Waals surface area contributed by atoms with Gasteiger partial charge in [-0.3, -0.25) is 0 Å². The molecule has 1 N–H and O–H groups in total. The summed E-state index contributed by atoms with van der Waals surface area (Å²) >= 11 is 0. The molecule has 1 aromatic carbocycles. The Morgan fingerprint density at radius 1 is 1.36 bits per heavy atom. The van der Waals surface area contributed by atoms with Gasteiger partial charge in [0.15, 0.2) is 0 Å². The number of aliphatic hydroxyl groups is 1. The van der Waals surface area contributed by atoms with E-state index in [0.717, 1.165) is 0 Å². The van der Waals surface area contributed by atoms with Crippen LogP contribution in [0.2, 0.25) is 0 Å². The van der Waals surface area contributed by atoms with Gasteiger partial charge in [-0.2, -0.15) is 0 Å². The van der Waals surface area contributed by atoms with Gasteiger partial charge in [-0.1, -0.05) is 6.58 Å². The van der Waals surface area contributed by atoms with E-state index in [-0.39, 0.29) is 0 Å². The number of hydrogen-bond acceptors (Lipinski definition) is 5. The first-order valence-electron chi connectivity index (χ1n) is 7.05. The highest BCUT2D eigenvalue weighted by Gasteiger charge is 2.28. The number of aliphatic hydroxyl groups excluding tert-OH is 1. The maximum Gasteiger partial charge on any atom is 0.336 e. The normalized spacial score (nSPS) is 13.8. The summed E-state index contributed by atoms with van der Waals surface area (Å²) < 4.78 is 16.2. The molecule has 0 aliphatic carbocycles. The van der Waals surface area contributed by atoms with Crippen molar-refractivity contribution >= 4 is 11.0 Å². The van der Waals surface area contributed by atoms with Gasteiger partial charge in [-0.15, -0.1) is 0 Å². The molecule has 0 aliphatic heterocycles. The molecule has 5 heteroatoms. The van der Waals surface area contributed by atoms with Gasteiger partial charge in [0.2, 0.25) is 0 Å². The van der Waals surface area contributed by atoms with E-state index in [1.165, 1.54) is 13.2 Å². The number of ether oxygens (including phenoxy) is 2. The predicted octanol–water partition coefficient (Wildman–Crippen LogP) is 2.82. The molecule has 0 radical (unpaired) electrons. The summed E-state index contributed by atoms with van der Waals surface area (Å²) in [4.78, 5) is 11.5. The summed E-state index contributed by atoms with van der Waals surface area (Å²) in [5.41, 5.74) is 0.869.